The number of halogens is 1. The van der Waals surface area contributed by atoms with Crippen LogP contribution in [0.1, 0.15) is 17.9 Å². The molecule has 0 N–H and O–H groups in total. The van der Waals surface area contributed by atoms with Crippen LogP contribution >= 0.6 is 11.6 Å². The Hall–Kier alpha value is -1.22. The van der Waals surface area contributed by atoms with E-state index in [4.69, 9.17) is 16.3 Å². The van der Waals surface area contributed by atoms with Crippen LogP contribution in [0.2, 0.25) is 5.02 Å². The van der Waals surface area contributed by atoms with Crippen molar-refractivity contribution in [3.05, 3.63) is 28.8 Å². The Morgan fingerprint density at radius 3 is 3.06 bits per heavy atom. The molecule has 1 aromatic rings. The molecule has 0 spiro atoms. The average molecular weight is 240 g/mol. The minimum atomic E-state index is -0.189. The summed E-state index contributed by atoms with van der Waals surface area (Å²) in [6.07, 6.45) is 0.386. The highest BCUT2D eigenvalue weighted by molar-refractivity contribution is 6.32. The fourth-order valence-corrected chi connectivity index (χ4v) is 2.56. The molecule has 0 amide bonds. The Morgan fingerprint density at radius 2 is 2.38 bits per heavy atom. The Balaban J connectivity index is 2.31. The summed E-state index contributed by atoms with van der Waals surface area (Å²) in [7, 11) is 3.42. The normalized spacial score (nSPS) is 18.4. The Kier molecular flexibility index (Phi) is 3.06. The van der Waals surface area contributed by atoms with E-state index in [1.807, 2.05) is 25.2 Å². The highest BCUT2D eigenvalue weighted by Gasteiger charge is 2.30. The van der Waals surface area contributed by atoms with Crippen LogP contribution in [0.5, 0.6) is 0 Å². The van der Waals surface area contributed by atoms with Crippen LogP contribution in [0.4, 0.5) is 5.69 Å². The number of nitrogens with zero attached hydrogens (tertiary/aromatic N) is 1. The minimum absolute atomic E-state index is 0.140. The quantitative estimate of drug-likeness (QED) is 0.743. The standard InChI is InChI=1S/C12H14ClNO2/c1-14-7-8(6-11(15)16-2)12-9(13)4-3-5-10(12)14/h3-5,8H,6-7H2,1-2H3. The molecule has 0 radical (unpaired) electrons. The monoisotopic (exact) mass is 239 g/mol. The second kappa shape index (κ2) is 4.34. The van der Waals surface area contributed by atoms with Gasteiger partial charge < -0.3 is 9.64 Å². The fourth-order valence-electron chi connectivity index (χ4n) is 2.23. The number of fused-ring (bicyclic) bond motifs is 1. The van der Waals surface area contributed by atoms with Gasteiger partial charge in [-0.25, -0.2) is 0 Å². The number of carbonyl (C=O) groups excluding carboxylic acids is 1. The van der Waals surface area contributed by atoms with Crippen LogP contribution in [-0.4, -0.2) is 26.7 Å². The van der Waals surface area contributed by atoms with E-state index in [1.54, 1.807) is 0 Å². The number of carbonyl (C=O) groups is 1. The summed E-state index contributed by atoms with van der Waals surface area (Å²) in [6.45, 7) is 0.814. The SMILES string of the molecule is COC(=O)CC1CN(C)c2cccc(Cl)c21. The number of likely N-dealkylation sites (N-methyl/N-ethyl adjacent to an activating group) is 1. The lowest BCUT2D eigenvalue weighted by atomic mass is 9.98. The summed E-state index contributed by atoms with van der Waals surface area (Å²) in [4.78, 5) is 13.4. The maximum atomic E-state index is 11.3. The second-order valence-electron chi connectivity index (χ2n) is 4.03. The lowest BCUT2D eigenvalue weighted by Gasteiger charge is -2.11. The Bertz CT molecular complexity index is 419. The molecule has 1 atom stereocenters. The molecule has 0 saturated heterocycles. The summed E-state index contributed by atoms with van der Waals surface area (Å²) in [5.74, 6) is -0.0488. The zero-order valence-corrected chi connectivity index (χ0v) is 10.1. The molecule has 1 aliphatic heterocycles. The van der Waals surface area contributed by atoms with Crippen molar-refractivity contribution in [2.75, 3.05) is 25.6 Å². The highest BCUT2D eigenvalue weighted by atomic mass is 35.5. The molecular formula is C12H14ClNO2. The van der Waals surface area contributed by atoms with Crippen LogP contribution < -0.4 is 4.90 Å². The number of ether oxygens (including phenoxy) is 1. The van der Waals surface area contributed by atoms with Crippen LogP contribution in [0.25, 0.3) is 0 Å². The van der Waals surface area contributed by atoms with Gasteiger partial charge in [0, 0.05) is 30.2 Å². The van der Waals surface area contributed by atoms with Crippen LogP contribution in [0.15, 0.2) is 18.2 Å². The zero-order valence-electron chi connectivity index (χ0n) is 9.37. The van der Waals surface area contributed by atoms with Gasteiger partial charge in [0.05, 0.1) is 13.5 Å². The van der Waals surface area contributed by atoms with Crippen molar-refractivity contribution in [2.24, 2.45) is 0 Å². The maximum absolute atomic E-state index is 11.3. The van der Waals surface area contributed by atoms with E-state index in [-0.39, 0.29) is 11.9 Å². The molecule has 0 aliphatic carbocycles. The van der Waals surface area contributed by atoms with Crippen molar-refractivity contribution in [1.29, 1.82) is 0 Å². The number of benzene rings is 1. The molecule has 0 saturated carbocycles. The first-order valence-electron chi connectivity index (χ1n) is 5.20. The van der Waals surface area contributed by atoms with Gasteiger partial charge in [-0.3, -0.25) is 4.79 Å². The number of anilines is 1. The largest absolute Gasteiger partial charge is 0.469 e. The molecule has 4 heteroatoms. The molecule has 16 heavy (non-hydrogen) atoms. The van der Waals surface area contributed by atoms with E-state index in [9.17, 15) is 4.79 Å². The lowest BCUT2D eigenvalue weighted by molar-refractivity contribution is -0.140. The zero-order chi connectivity index (χ0) is 11.7. The number of hydrogen-bond acceptors (Lipinski definition) is 3. The summed E-state index contributed by atoms with van der Waals surface area (Å²) < 4.78 is 4.70. The summed E-state index contributed by atoms with van der Waals surface area (Å²) in [6, 6.07) is 5.82. The Labute approximate surface area is 100.0 Å². The molecule has 1 aromatic carbocycles. The first kappa shape index (κ1) is 11.3. The summed E-state index contributed by atoms with van der Waals surface area (Å²) >= 11 is 6.18. The molecule has 1 aliphatic rings. The van der Waals surface area contributed by atoms with Crippen molar-refractivity contribution in [1.82, 2.24) is 0 Å². The van der Waals surface area contributed by atoms with E-state index in [2.05, 4.69) is 4.90 Å². The molecule has 86 valence electrons. The summed E-state index contributed by atoms with van der Waals surface area (Å²) in [5, 5.41) is 0.732. The molecule has 1 heterocycles. The maximum Gasteiger partial charge on any atom is 0.306 e. The predicted molar refractivity (Wildman–Crippen MR) is 64.1 cm³/mol. The molecule has 2 rings (SSSR count). The minimum Gasteiger partial charge on any atom is -0.469 e. The second-order valence-corrected chi connectivity index (χ2v) is 4.44. The van der Waals surface area contributed by atoms with Gasteiger partial charge in [-0.1, -0.05) is 17.7 Å². The molecule has 0 bridgehead atoms. The third-order valence-electron chi connectivity index (χ3n) is 2.98. The molecule has 0 fully saturated rings. The predicted octanol–water partition coefficient (Wildman–Crippen LogP) is 2.44. The van der Waals surface area contributed by atoms with Crippen molar-refractivity contribution in [3.8, 4) is 0 Å². The van der Waals surface area contributed by atoms with Gasteiger partial charge in [-0.15, -0.1) is 0 Å². The Morgan fingerprint density at radius 1 is 1.62 bits per heavy atom. The van der Waals surface area contributed by atoms with Gasteiger partial charge in [0.2, 0.25) is 0 Å². The van der Waals surface area contributed by atoms with E-state index in [0.29, 0.717) is 6.42 Å². The van der Waals surface area contributed by atoms with Crippen molar-refractivity contribution in [3.63, 3.8) is 0 Å². The number of hydrogen-bond donors (Lipinski definition) is 0. The van der Waals surface area contributed by atoms with Gasteiger partial charge in [0.15, 0.2) is 0 Å². The highest BCUT2D eigenvalue weighted by Crippen LogP contribution is 2.41. The van der Waals surface area contributed by atoms with E-state index in [1.165, 1.54) is 7.11 Å². The number of methoxy groups -OCH3 is 1. The topological polar surface area (TPSA) is 29.5 Å². The van der Waals surface area contributed by atoms with Gasteiger partial charge in [-0.2, -0.15) is 0 Å². The lowest BCUT2D eigenvalue weighted by Crippen LogP contribution is -2.17. The molecule has 0 aromatic heterocycles. The van der Waals surface area contributed by atoms with Gasteiger partial charge >= 0.3 is 5.97 Å². The average Bonchev–Trinajstić information content (AvgIpc) is 2.57. The molecule has 3 nitrogen and oxygen atoms in total. The smallest absolute Gasteiger partial charge is 0.306 e. The van der Waals surface area contributed by atoms with E-state index < -0.39 is 0 Å². The van der Waals surface area contributed by atoms with Gasteiger partial charge in [-0.05, 0) is 17.7 Å². The van der Waals surface area contributed by atoms with Crippen molar-refractivity contribution >= 4 is 23.3 Å². The van der Waals surface area contributed by atoms with Crippen LogP contribution in [0.3, 0.4) is 0 Å². The molecule has 1 unspecified atom stereocenters. The van der Waals surface area contributed by atoms with E-state index >= 15 is 0 Å². The third kappa shape index (κ3) is 1.87. The number of esters is 1. The van der Waals surface area contributed by atoms with Crippen molar-refractivity contribution < 1.29 is 9.53 Å². The van der Waals surface area contributed by atoms with Gasteiger partial charge in [0.25, 0.3) is 0 Å². The van der Waals surface area contributed by atoms with Crippen LogP contribution in [0, 0.1) is 0 Å². The van der Waals surface area contributed by atoms with Crippen molar-refractivity contribution in [2.45, 2.75) is 12.3 Å². The van der Waals surface area contributed by atoms with E-state index in [0.717, 1.165) is 22.8 Å². The summed E-state index contributed by atoms with van der Waals surface area (Å²) in [5.41, 5.74) is 2.18. The number of rotatable bonds is 2. The van der Waals surface area contributed by atoms with Gasteiger partial charge in [0.1, 0.15) is 0 Å². The first-order chi connectivity index (χ1) is 7.63. The molecular weight excluding hydrogens is 226 g/mol. The third-order valence-corrected chi connectivity index (χ3v) is 3.31. The first-order valence-corrected chi connectivity index (χ1v) is 5.57. The fraction of sp³-hybridized carbons (Fsp3) is 0.417. The van der Waals surface area contributed by atoms with Crippen LogP contribution in [-0.2, 0) is 9.53 Å².